The Hall–Kier alpha value is -1.24. The zero-order valence-electron chi connectivity index (χ0n) is 11.2. The molecule has 0 radical (unpaired) electrons. The highest BCUT2D eigenvalue weighted by molar-refractivity contribution is 7.13. The summed E-state index contributed by atoms with van der Waals surface area (Å²) in [5.41, 5.74) is 2.06. The second-order valence-electron chi connectivity index (χ2n) is 4.91. The molecule has 0 spiro atoms. The lowest BCUT2D eigenvalue weighted by Gasteiger charge is -2.25. The first-order chi connectivity index (χ1) is 9.15. The van der Waals surface area contributed by atoms with Gasteiger partial charge in [0.15, 0.2) is 0 Å². The Morgan fingerprint density at radius 3 is 2.84 bits per heavy atom. The largest absolute Gasteiger partial charge is 0.379 e. The first-order valence-electron chi connectivity index (χ1n) is 6.43. The van der Waals surface area contributed by atoms with Crippen LogP contribution in [-0.4, -0.2) is 40.1 Å². The van der Waals surface area contributed by atoms with Crippen LogP contribution in [0.1, 0.15) is 11.3 Å². The molecule has 5 nitrogen and oxygen atoms in total. The molecule has 6 heteroatoms. The van der Waals surface area contributed by atoms with Crippen molar-refractivity contribution in [3.8, 4) is 0 Å². The maximum absolute atomic E-state index is 12.4. The van der Waals surface area contributed by atoms with Gasteiger partial charge in [-0.1, -0.05) is 0 Å². The highest BCUT2D eigenvalue weighted by atomic mass is 32.1. The van der Waals surface area contributed by atoms with Crippen LogP contribution in [0.25, 0.3) is 10.2 Å². The van der Waals surface area contributed by atoms with Crippen LogP contribution in [0.5, 0.6) is 0 Å². The number of ether oxygens (including phenoxy) is 1. The maximum Gasteiger partial charge on any atom is 0.271 e. The summed E-state index contributed by atoms with van der Waals surface area (Å²) in [5.74, 6) is 0. The lowest BCUT2D eigenvalue weighted by molar-refractivity contribution is 0.0248. The molecule has 1 aliphatic heterocycles. The third-order valence-corrected chi connectivity index (χ3v) is 4.35. The van der Waals surface area contributed by atoms with Crippen molar-refractivity contribution in [1.82, 2.24) is 13.8 Å². The van der Waals surface area contributed by atoms with E-state index in [0.717, 1.165) is 47.8 Å². The molecule has 19 heavy (non-hydrogen) atoms. The van der Waals surface area contributed by atoms with Gasteiger partial charge in [-0.3, -0.25) is 9.69 Å². The zero-order chi connectivity index (χ0) is 13.4. The Balaban J connectivity index is 1.98. The van der Waals surface area contributed by atoms with Gasteiger partial charge in [-0.25, -0.2) is 8.94 Å². The van der Waals surface area contributed by atoms with Crippen LogP contribution in [0.3, 0.4) is 0 Å². The molecular weight excluding hydrogens is 262 g/mol. The van der Waals surface area contributed by atoms with Crippen molar-refractivity contribution in [3.63, 3.8) is 0 Å². The van der Waals surface area contributed by atoms with Gasteiger partial charge in [0, 0.05) is 18.8 Å². The van der Waals surface area contributed by atoms with Gasteiger partial charge in [-0.05, 0) is 37.0 Å². The maximum atomic E-state index is 12.4. The number of pyridine rings is 1. The zero-order valence-corrected chi connectivity index (χ0v) is 12.0. The number of nitrogens with zero attached hydrogens (tertiary/aromatic N) is 3. The molecule has 0 aliphatic carbocycles. The Labute approximate surface area is 115 Å². The molecule has 2 aromatic rings. The predicted octanol–water partition coefficient (Wildman–Crippen LogP) is 1.36. The molecule has 0 bridgehead atoms. The highest BCUT2D eigenvalue weighted by Crippen LogP contribution is 2.19. The molecule has 0 amide bonds. The smallest absolute Gasteiger partial charge is 0.271 e. The number of morpholine rings is 1. The van der Waals surface area contributed by atoms with Crippen LogP contribution >= 0.6 is 11.5 Å². The Kier molecular flexibility index (Phi) is 3.38. The van der Waals surface area contributed by atoms with Crippen LogP contribution in [-0.2, 0) is 11.4 Å². The highest BCUT2D eigenvalue weighted by Gasteiger charge is 2.16. The summed E-state index contributed by atoms with van der Waals surface area (Å²) in [6.45, 7) is 7.83. The van der Waals surface area contributed by atoms with E-state index in [0.29, 0.717) is 6.67 Å². The van der Waals surface area contributed by atoms with Gasteiger partial charge in [0.25, 0.3) is 5.56 Å². The summed E-state index contributed by atoms with van der Waals surface area (Å²) in [4.78, 5) is 20.0. The van der Waals surface area contributed by atoms with E-state index in [-0.39, 0.29) is 5.56 Å². The van der Waals surface area contributed by atoms with Crippen LogP contribution in [0, 0.1) is 13.8 Å². The normalized spacial score (nSPS) is 17.2. The Morgan fingerprint density at radius 2 is 2.11 bits per heavy atom. The number of hydrogen-bond acceptors (Lipinski definition) is 5. The number of aromatic nitrogens is 2. The number of rotatable bonds is 2. The summed E-state index contributed by atoms with van der Waals surface area (Å²) < 4.78 is 7.12. The van der Waals surface area contributed by atoms with E-state index in [9.17, 15) is 4.79 Å². The SMILES string of the molecule is Cc1cc(C)c2c(=O)n(CN3CCOCC3)sc2n1. The van der Waals surface area contributed by atoms with Gasteiger partial charge in [-0.2, -0.15) is 0 Å². The van der Waals surface area contributed by atoms with Crippen LogP contribution in [0.15, 0.2) is 10.9 Å². The third-order valence-electron chi connectivity index (χ3n) is 3.38. The van der Waals surface area contributed by atoms with E-state index in [1.54, 1.807) is 3.96 Å². The average Bonchev–Trinajstić information content (AvgIpc) is 2.67. The van der Waals surface area contributed by atoms with E-state index < -0.39 is 0 Å². The molecular formula is C13H17N3O2S. The second-order valence-corrected chi connectivity index (χ2v) is 5.92. The number of aryl methyl sites for hydroxylation is 2. The van der Waals surface area contributed by atoms with Crippen molar-refractivity contribution < 1.29 is 4.74 Å². The molecule has 0 atom stereocenters. The minimum atomic E-state index is 0.0801. The minimum absolute atomic E-state index is 0.0801. The standard InChI is InChI=1S/C13H17N3O2S/c1-9-7-10(2)14-12-11(9)13(17)16(19-12)8-15-3-5-18-6-4-15/h7H,3-6,8H2,1-2H3. The van der Waals surface area contributed by atoms with Crippen molar-refractivity contribution in [2.45, 2.75) is 20.5 Å². The lowest BCUT2D eigenvalue weighted by Crippen LogP contribution is -2.38. The van der Waals surface area contributed by atoms with E-state index >= 15 is 0 Å². The number of fused-ring (bicyclic) bond motifs is 1. The molecule has 3 heterocycles. The van der Waals surface area contributed by atoms with Crippen molar-refractivity contribution in [2.75, 3.05) is 26.3 Å². The van der Waals surface area contributed by atoms with Gasteiger partial charge in [0.1, 0.15) is 4.83 Å². The minimum Gasteiger partial charge on any atom is -0.379 e. The molecule has 2 aromatic heterocycles. The quantitative estimate of drug-likeness (QED) is 0.833. The number of hydrogen-bond donors (Lipinski definition) is 0. The lowest BCUT2D eigenvalue weighted by atomic mass is 10.2. The molecule has 1 fully saturated rings. The van der Waals surface area contributed by atoms with Crippen molar-refractivity contribution in [3.05, 3.63) is 27.7 Å². The van der Waals surface area contributed by atoms with Gasteiger partial charge in [-0.15, -0.1) is 0 Å². The first kappa shape index (κ1) is 12.8. The summed E-state index contributed by atoms with van der Waals surface area (Å²) >= 11 is 1.46. The van der Waals surface area contributed by atoms with Crippen LogP contribution in [0.4, 0.5) is 0 Å². The van der Waals surface area contributed by atoms with E-state index in [1.807, 2.05) is 19.9 Å². The molecule has 1 saturated heterocycles. The van der Waals surface area contributed by atoms with Gasteiger partial charge >= 0.3 is 0 Å². The molecule has 0 saturated carbocycles. The molecule has 1 aliphatic rings. The fraction of sp³-hybridized carbons (Fsp3) is 0.538. The predicted molar refractivity (Wildman–Crippen MR) is 75.7 cm³/mol. The van der Waals surface area contributed by atoms with E-state index in [4.69, 9.17) is 4.74 Å². The van der Waals surface area contributed by atoms with Crippen molar-refractivity contribution in [1.29, 1.82) is 0 Å². The van der Waals surface area contributed by atoms with Gasteiger partial charge in [0.05, 0.1) is 25.3 Å². The average molecular weight is 279 g/mol. The monoisotopic (exact) mass is 279 g/mol. The van der Waals surface area contributed by atoms with Crippen molar-refractivity contribution in [2.24, 2.45) is 0 Å². The van der Waals surface area contributed by atoms with Crippen LogP contribution < -0.4 is 5.56 Å². The summed E-state index contributed by atoms with van der Waals surface area (Å²) in [5, 5.41) is 0.767. The Morgan fingerprint density at radius 1 is 1.37 bits per heavy atom. The Bertz CT molecular complexity index is 656. The summed E-state index contributed by atoms with van der Waals surface area (Å²) in [6, 6.07) is 1.97. The van der Waals surface area contributed by atoms with Gasteiger partial charge in [0.2, 0.25) is 0 Å². The van der Waals surface area contributed by atoms with Gasteiger partial charge < -0.3 is 4.74 Å². The van der Waals surface area contributed by atoms with Crippen LogP contribution in [0.2, 0.25) is 0 Å². The fourth-order valence-corrected chi connectivity index (χ4v) is 3.54. The molecule has 3 rings (SSSR count). The topological polar surface area (TPSA) is 47.4 Å². The van der Waals surface area contributed by atoms with Crippen molar-refractivity contribution >= 4 is 21.7 Å². The summed E-state index contributed by atoms with van der Waals surface area (Å²) in [6.07, 6.45) is 0. The molecule has 0 aromatic carbocycles. The van der Waals surface area contributed by atoms with E-state index in [1.165, 1.54) is 11.5 Å². The molecule has 0 unspecified atom stereocenters. The second kappa shape index (κ2) is 5.03. The third kappa shape index (κ3) is 2.43. The molecule has 102 valence electrons. The van der Waals surface area contributed by atoms with E-state index in [2.05, 4.69) is 9.88 Å². The fourth-order valence-electron chi connectivity index (χ4n) is 2.42. The first-order valence-corrected chi connectivity index (χ1v) is 7.20. The molecule has 0 N–H and O–H groups in total. The summed E-state index contributed by atoms with van der Waals surface area (Å²) in [7, 11) is 0.